The van der Waals surface area contributed by atoms with Crippen LogP contribution in [-0.4, -0.2) is 48.2 Å². The Labute approximate surface area is 142 Å². The second-order valence-electron chi connectivity index (χ2n) is 6.48. The second kappa shape index (κ2) is 7.11. The molecule has 0 atom stereocenters. The molecule has 2 aliphatic rings. The third-order valence-electron chi connectivity index (χ3n) is 4.61. The number of likely N-dealkylation sites (tertiary alicyclic amines) is 2. The highest BCUT2D eigenvalue weighted by Crippen LogP contribution is 2.35. The van der Waals surface area contributed by atoms with E-state index in [2.05, 4.69) is 0 Å². The molecule has 2 aliphatic heterocycles. The van der Waals surface area contributed by atoms with Crippen molar-refractivity contribution in [3.8, 4) is 11.5 Å². The SMILES string of the molecule is Cc1ccc(C)c(OC(=O)N2CCCC2)c1OC(=O)N1CCCC1. The van der Waals surface area contributed by atoms with Crippen LogP contribution in [0.5, 0.6) is 11.5 Å². The largest absolute Gasteiger partial charge is 0.415 e. The molecule has 2 amide bonds. The molecule has 3 rings (SSSR count). The molecule has 0 unspecified atom stereocenters. The summed E-state index contributed by atoms with van der Waals surface area (Å²) in [5.74, 6) is 0.693. The Kier molecular flexibility index (Phi) is 4.92. The Morgan fingerprint density at radius 2 is 1.08 bits per heavy atom. The van der Waals surface area contributed by atoms with Crippen LogP contribution in [0, 0.1) is 13.8 Å². The normalized spacial score (nSPS) is 17.2. The molecule has 0 spiro atoms. The fourth-order valence-corrected chi connectivity index (χ4v) is 3.12. The van der Waals surface area contributed by atoms with Gasteiger partial charge in [-0.15, -0.1) is 0 Å². The average Bonchev–Trinajstić information content (AvgIpc) is 3.26. The zero-order valence-corrected chi connectivity index (χ0v) is 14.3. The van der Waals surface area contributed by atoms with E-state index in [0.717, 1.165) is 36.8 Å². The van der Waals surface area contributed by atoms with Crippen molar-refractivity contribution in [3.05, 3.63) is 23.3 Å². The summed E-state index contributed by atoms with van der Waals surface area (Å²) in [4.78, 5) is 28.0. The van der Waals surface area contributed by atoms with Crippen molar-refractivity contribution < 1.29 is 19.1 Å². The van der Waals surface area contributed by atoms with E-state index in [4.69, 9.17) is 9.47 Å². The van der Waals surface area contributed by atoms with E-state index in [9.17, 15) is 9.59 Å². The molecular formula is C18H24N2O4. The summed E-state index contributed by atoms with van der Waals surface area (Å²) in [5, 5.41) is 0. The predicted molar refractivity (Wildman–Crippen MR) is 89.6 cm³/mol. The Hall–Kier alpha value is -2.24. The first-order chi connectivity index (χ1) is 11.6. The number of amides is 2. The number of benzene rings is 1. The number of aryl methyl sites for hydroxylation is 2. The Morgan fingerprint density at radius 1 is 0.750 bits per heavy atom. The maximum absolute atomic E-state index is 12.3. The summed E-state index contributed by atoms with van der Waals surface area (Å²) < 4.78 is 11.2. The van der Waals surface area contributed by atoms with Crippen LogP contribution < -0.4 is 9.47 Å². The maximum Gasteiger partial charge on any atom is 0.415 e. The smallest absolute Gasteiger partial charge is 0.406 e. The van der Waals surface area contributed by atoms with Gasteiger partial charge < -0.3 is 19.3 Å². The molecule has 1 aromatic rings. The predicted octanol–water partition coefficient (Wildman–Crippen LogP) is 3.49. The van der Waals surface area contributed by atoms with Crippen molar-refractivity contribution in [2.24, 2.45) is 0 Å². The van der Waals surface area contributed by atoms with Gasteiger partial charge in [0.2, 0.25) is 0 Å². The summed E-state index contributed by atoms with van der Waals surface area (Å²) in [7, 11) is 0. The van der Waals surface area contributed by atoms with E-state index in [-0.39, 0.29) is 12.2 Å². The van der Waals surface area contributed by atoms with E-state index in [0.29, 0.717) is 37.7 Å². The number of hydrogen-bond donors (Lipinski definition) is 0. The highest BCUT2D eigenvalue weighted by atomic mass is 16.6. The van der Waals surface area contributed by atoms with Crippen molar-refractivity contribution in [2.75, 3.05) is 26.2 Å². The lowest BCUT2D eigenvalue weighted by Gasteiger charge is -2.21. The minimum absolute atomic E-state index is 0.347. The van der Waals surface area contributed by atoms with Crippen LogP contribution in [-0.2, 0) is 0 Å². The molecule has 0 saturated carbocycles. The van der Waals surface area contributed by atoms with Crippen molar-refractivity contribution in [1.82, 2.24) is 9.80 Å². The molecule has 6 nitrogen and oxygen atoms in total. The Bertz CT molecular complexity index is 577. The first kappa shape index (κ1) is 16.6. The zero-order chi connectivity index (χ0) is 17.1. The molecule has 2 fully saturated rings. The van der Waals surface area contributed by atoms with Crippen LogP contribution >= 0.6 is 0 Å². The summed E-state index contributed by atoms with van der Waals surface area (Å²) >= 11 is 0. The van der Waals surface area contributed by atoms with Gasteiger partial charge in [0.15, 0.2) is 11.5 Å². The molecule has 24 heavy (non-hydrogen) atoms. The van der Waals surface area contributed by atoms with Gasteiger partial charge in [0, 0.05) is 26.2 Å². The van der Waals surface area contributed by atoms with Crippen LogP contribution in [0.25, 0.3) is 0 Å². The van der Waals surface area contributed by atoms with Gasteiger partial charge in [-0.1, -0.05) is 12.1 Å². The van der Waals surface area contributed by atoms with Crippen LogP contribution in [0.15, 0.2) is 12.1 Å². The number of ether oxygens (including phenoxy) is 2. The molecule has 0 radical (unpaired) electrons. The van der Waals surface area contributed by atoms with E-state index < -0.39 is 0 Å². The number of carbonyl (C=O) groups excluding carboxylic acids is 2. The first-order valence-corrected chi connectivity index (χ1v) is 8.60. The average molecular weight is 332 g/mol. The highest BCUT2D eigenvalue weighted by molar-refractivity contribution is 5.76. The topological polar surface area (TPSA) is 59.1 Å². The zero-order valence-electron chi connectivity index (χ0n) is 14.3. The van der Waals surface area contributed by atoms with Gasteiger partial charge in [0.05, 0.1) is 0 Å². The van der Waals surface area contributed by atoms with Gasteiger partial charge in [-0.25, -0.2) is 9.59 Å². The van der Waals surface area contributed by atoms with Gasteiger partial charge in [-0.05, 0) is 50.7 Å². The summed E-state index contributed by atoms with van der Waals surface area (Å²) in [5.41, 5.74) is 1.55. The van der Waals surface area contributed by atoms with Crippen LogP contribution in [0.1, 0.15) is 36.8 Å². The van der Waals surface area contributed by atoms with Crippen LogP contribution in [0.3, 0.4) is 0 Å². The standard InChI is InChI=1S/C18H24N2O4/c1-13-7-8-14(2)16(24-18(22)20-11-5-6-12-20)15(13)23-17(21)19-9-3-4-10-19/h7-8H,3-6,9-12H2,1-2H3. The molecule has 130 valence electrons. The lowest BCUT2D eigenvalue weighted by Crippen LogP contribution is -2.32. The fraction of sp³-hybridized carbons (Fsp3) is 0.556. The molecule has 1 aromatic carbocycles. The van der Waals surface area contributed by atoms with Crippen molar-refractivity contribution in [1.29, 1.82) is 0 Å². The van der Waals surface area contributed by atoms with Crippen LogP contribution in [0.4, 0.5) is 9.59 Å². The fourth-order valence-electron chi connectivity index (χ4n) is 3.12. The molecule has 0 bridgehead atoms. The number of nitrogens with zero attached hydrogens (tertiary/aromatic N) is 2. The molecular weight excluding hydrogens is 308 g/mol. The molecule has 0 N–H and O–H groups in total. The maximum atomic E-state index is 12.3. The molecule has 2 heterocycles. The summed E-state index contributed by atoms with van der Waals surface area (Å²) in [6.07, 6.45) is 3.24. The van der Waals surface area contributed by atoms with Gasteiger partial charge in [-0.2, -0.15) is 0 Å². The van der Waals surface area contributed by atoms with E-state index in [1.54, 1.807) is 9.80 Å². The summed E-state index contributed by atoms with van der Waals surface area (Å²) in [6.45, 7) is 6.55. The van der Waals surface area contributed by atoms with Gasteiger partial charge in [0.1, 0.15) is 0 Å². The Morgan fingerprint density at radius 3 is 1.42 bits per heavy atom. The monoisotopic (exact) mass is 332 g/mol. The van der Waals surface area contributed by atoms with Crippen molar-refractivity contribution in [3.63, 3.8) is 0 Å². The molecule has 0 aliphatic carbocycles. The summed E-state index contributed by atoms with van der Waals surface area (Å²) in [6, 6.07) is 3.74. The Balaban J connectivity index is 1.80. The third-order valence-corrected chi connectivity index (χ3v) is 4.61. The number of rotatable bonds is 2. The lowest BCUT2D eigenvalue weighted by atomic mass is 10.1. The lowest BCUT2D eigenvalue weighted by molar-refractivity contribution is 0.151. The quantitative estimate of drug-likeness (QED) is 0.832. The van der Waals surface area contributed by atoms with E-state index >= 15 is 0 Å². The minimum Gasteiger partial charge on any atom is -0.406 e. The molecule has 0 aromatic heterocycles. The molecule has 6 heteroatoms. The second-order valence-corrected chi connectivity index (χ2v) is 6.48. The highest BCUT2D eigenvalue weighted by Gasteiger charge is 2.26. The minimum atomic E-state index is -0.375. The van der Waals surface area contributed by atoms with Gasteiger partial charge >= 0.3 is 12.2 Å². The van der Waals surface area contributed by atoms with Gasteiger partial charge in [0.25, 0.3) is 0 Å². The number of carbonyl (C=O) groups is 2. The first-order valence-electron chi connectivity index (χ1n) is 8.60. The third kappa shape index (κ3) is 3.47. The van der Waals surface area contributed by atoms with Gasteiger partial charge in [-0.3, -0.25) is 0 Å². The number of hydrogen-bond acceptors (Lipinski definition) is 4. The van der Waals surface area contributed by atoms with Crippen molar-refractivity contribution >= 4 is 12.2 Å². The molecule has 2 saturated heterocycles. The van der Waals surface area contributed by atoms with E-state index in [1.807, 2.05) is 26.0 Å². The van der Waals surface area contributed by atoms with Crippen LogP contribution in [0.2, 0.25) is 0 Å². The van der Waals surface area contributed by atoms with E-state index in [1.165, 1.54) is 0 Å². The van der Waals surface area contributed by atoms with Crippen molar-refractivity contribution in [2.45, 2.75) is 39.5 Å².